The maximum absolute atomic E-state index is 13.0. The molecule has 0 saturated carbocycles. The number of rotatable bonds is 8. The summed E-state index contributed by atoms with van der Waals surface area (Å²) in [7, 11) is -3.88. The molecule has 0 fully saturated rings. The van der Waals surface area contributed by atoms with E-state index in [0.29, 0.717) is 13.0 Å². The van der Waals surface area contributed by atoms with E-state index < -0.39 is 21.8 Å². The number of para-hydroxylation sites is 2. The van der Waals surface area contributed by atoms with Crippen molar-refractivity contribution in [1.82, 2.24) is 9.55 Å². The molecule has 4 rings (SSSR count). The van der Waals surface area contributed by atoms with Crippen LogP contribution in [0.5, 0.6) is 0 Å². The first kappa shape index (κ1) is 22.3. The molecule has 0 spiro atoms. The second kappa shape index (κ2) is 9.29. The number of ether oxygens (including phenoxy) is 1. The summed E-state index contributed by atoms with van der Waals surface area (Å²) in [6.45, 7) is 0.504. The van der Waals surface area contributed by atoms with Crippen molar-refractivity contribution in [2.45, 2.75) is 17.9 Å². The number of sulfonamides is 1. The van der Waals surface area contributed by atoms with Crippen molar-refractivity contribution < 1.29 is 22.3 Å². The highest BCUT2D eigenvalue weighted by Crippen LogP contribution is 2.17. The van der Waals surface area contributed by atoms with E-state index in [4.69, 9.17) is 4.74 Å². The van der Waals surface area contributed by atoms with E-state index in [2.05, 4.69) is 9.71 Å². The zero-order valence-electron chi connectivity index (χ0n) is 17.3. The van der Waals surface area contributed by atoms with E-state index >= 15 is 0 Å². The SMILES string of the molecule is O=C(OCCCn1c(=O)[nH]c2ccccc21)c1ccc(NS(=O)(=O)c2ccc(F)cc2)cc1. The Balaban J connectivity index is 1.31. The van der Waals surface area contributed by atoms with Crippen LogP contribution in [0.25, 0.3) is 11.0 Å². The number of fused-ring (bicyclic) bond motifs is 1. The Morgan fingerprint density at radius 2 is 1.70 bits per heavy atom. The summed E-state index contributed by atoms with van der Waals surface area (Å²) in [6.07, 6.45) is 0.447. The van der Waals surface area contributed by atoms with Crippen molar-refractivity contribution in [3.63, 3.8) is 0 Å². The summed E-state index contributed by atoms with van der Waals surface area (Å²) in [5.41, 5.74) is 1.81. The Bertz CT molecular complexity index is 1440. The highest BCUT2D eigenvalue weighted by molar-refractivity contribution is 7.92. The van der Waals surface area contributed by atoms with Gasteiger partial charge in [-0.25, -0.2) is 22.4 Å². The lowest BCUT2D eigenvalue weighted by molar-refractivity contribution is 0.0496. The van der Waals surface area contributed by atoms with Gasteiger partial charge in [0.05, 0.1) is 28.1 Å². The maximum Gasteiger partial charge on any atom is 0.338 e. The minimum atomic E-state index is -3.88. The number of aryl methyl sites for hydroxylation is 1. The van der Waals surface area contributed by atoms with Gasteiger partial charge in [0.1, 0.15) is 5.82 Å². The normalized spacial score (nSPS) is 11.4. The van der Waals surface area contributed by atoms with E-state index in [9.17, 15) is 22.4 Å². The Kier molecular flexibility index (Phi) is 6.27. The topological polar surface area (TPSA) is 110 Å². The highest BCUT2D eigenvalue weighted by atomic mass is 32.2. The minimum Gasteiger partial charge on any atom is -0.462 e. The van der Waals surface area contributed by atoms with Crippen LogP contribution in [0, 0.1) is 5.82 Å². The summed E-state index contributed by atoms with van der Waals surface area (Å²) in [6, 6.07) is 17.5. The third-order valence-electron chi connectivity index (χ3n) is 4.94. The molecule has 2 N–H and O–H groups in total. The molecule has 0 bridgehead atoms. The van der Waals surface area contributed by atoms with Crippen molar-refractivity contribution in [1.29, 1.82) is 0 Å². The Labute approximate surface area is 188 Å². The first-order valence-electron chi connectivity index (χ1n) is 10.1. The minimum absolute atomic E-state index is 0.0818. The van der Waals surface area contributed by atoms with Gasteiger partial charge in [-0.1, -0.05) is 12.1 Å². The lowest BCUT2D eigenvalue weighted by Gasteiger charge is -2.09. The largest absolute Gasteiger partial charge is 0.462 e. The van der Waals surface area contributed by atoms with E-state index in [-0.39, 0.29) is 28.4 Å². The van der Waals surface area contributed by atoms with Crippen LogP contribution in [0.4, 0.5) is 10.1 Å². The molecule has 170 valence electrons. The van der Waals surface area contributed by atoms with Crippen LogP contribution in [0.3, 0.4) is 0 Å². The fourth-order valence-electron chi connectivity index (χ4n) is 3.30. The van der Waals surface area contributed by atoms with E-state index in [1.807, 2.05) is 24.3 Å². The second-order valence-corrected chi connectivity index (χ2v) is 8.91. The van der Waals surface area contributed by atoms with Gasteiger partial charge in [0, 0.05) is 12.2 Å². The Hall–Kier alpha value is -3.92. The zero-order valence-corrected chi connectivity index (χ0v) is 18.1. The molecule has 4 aromatic rings. The van der Waals surface area contributed by atoms with Crippen molar-refractivity contribution in [2.24, 2.45) is 0 Å². The highest BCUT2D eigenvalue weighted by Gasteiger charge is 2.15. The summed E-state index contributed by atoms with van der Waals surface area (Å²) in [5.74, 6) is -1.10. The lowest BCUT2D eigenvalue weighted by atomic mass is 10.2. The number of aromatic amines is 1. The van der Waals surface area contributed by atoms with Gasteiger partial charge >= 0.3 is 11.7 Å². The number of carbonyl (C=O) groups is 1. The van der Waals surface area contributed by atoms with Crippen molar-refractivity contribution in [3.05, 3.63) is 94.7 Å². The molecule has 0 amide bonds. The van der Waals surface area contributed by atoms with Crippen molar-refractivity contribution in [3.8, 4) is 0 Å². The number of nitrogens with one attached hydrogen (secondary N) is 2. The molecule has 8 nitrogen and oxygen atoms in total. The molecule has 0 aliphatic carbocycles. The van der Waals surface area contributed by atoms with Crippen molar-refractivity contribution in [2.75, 3.05) is 11.3 Å². The number of carbonyl (C=O) groups excluding carboxylic acids is 1. The van der Waals surface area contributed by atoms with Crippen LogP contribution in [0.15, 0.2) is 82.5 Å². The number of hydrogen-bond acceptors (Lipinski definition) is 5. The van der Waals surface area contributed by atoms with Crippen LogP contribution >= 0.6 is 0 Å². The number of H-pyrrole nitrogens is 1. The smallest absolute Gasteiger partial charge is 0.338 e. The summed E-state index contributed by atoms with van der Waals surface area (Å²) in [5, 5.41) is 0. The number of esters is 1. The van der Waals surface area contributed by atoms with Crippen LogP contribution in [-0.4, -0.2) is 30.5 Å². The zero-order chi connectivity index (χ0) is 23.4. The molecule has 0 radical (unpaired) electrons. The molecular formula is C23H20FN3O5S. The number of anilines is 1. The molecule has 10 heteroatoms. The van der Waals surface area contributed by atoms with Gasteiger partial charge in [0.2, 0.25) is 0 Å². The maximum atomic E-state index is 13.0. The summed E-state index contributed by atoms with van der Waals surface area (Å²) < 4.78 is 46.9. The Morgan fingerprint density at radius 1 is 1.00 bits per heavy atom. The fraction of sp³-hybridized carbons (Fsp3) is 0.130. The summed E-state index contributed by atoms with van der Waals surface area (Å²) >= 11 is 0. The quantitative estimate of drug-likeness (QED) is 0.303. The molecule has 0 atom stereocenters. The van der Waals surface area contributed by atoms with Crippen LogP contribution in [0.2, 0.25) is 0 Å². The molecule has 0 aliphatic rings. The molecule has 1 aromatic heterocycles. The number of aromatic nitrogens is 2. The molecule has 33 heavy (non-hydrogen) atoms. The second-order valence-electron chi connectivity index (χ2n) is 7.23. The first-order chi connectivity index (χ1) is 15.8. The lowest BCUT2D eigenvalue weighted by Crippen LogP contribution is -2.18. The van der Waals surface area contributed by atoms with Crippen LogP contribution in [-0.2, 0) is 21.3 Å². The van der Waals surface area contributed by atoms with Gasteiger partial charge in [0.15, 0.2) is 0 Å². The average Bonchev–Trinajstić information content (AvgIpc) is 3.12. The van der Waals surface area contributed by atoms with Crippen LogP contribution < -0.4 is 10.4 Å². The van der Waals surface area contributed by atoms with Crippen LogP contribution in [0.1, 0.15) is 16.8 Å². The van der Waals surface area contributed by atoms with Gasteiger partial charge in [-0.05, 0) is 67.1 Å². The molecule has 1 heterocycles. The number of benzene rings is 3. The predicted molar refractivity (Wildman–Crippen MR) is 121 cm³/mol. The van der Waals surface area contributed by atoms with E-state index in [1.54, 1.807) is 4.57 Å². The number of hydrogen-bond donors (Lipinski definition) is 2. The predicted octanol–water partition coefficient (Wildman–Crippen LogP) is 3.52. The number of imidazole rings is 1. The fourth-order valence-corrected chi connectivity index (χ4v) is 4.36. The van der Waals surface area contributed by atoms with Crippen molar-refractivity contribution >= 4 is 32.7 Å². The Morgan fingerprint density at radius 3 is 2.42 bits per heavy atom. The average molecular weight is 469 g/mol. The van der Waals surface area contributed by atoms with Gasteiger partial charge in [-0.2, -0.15) is 0 Å². The standard InChI is InChI=1S/C23H20FN3O5S/c24-17-8-12-19(13-9-17)33(30,31)26-18-10-6-16(7-11-18)22(28)32-15-3-14-27-21-5-2-1-4-20(21)25-23(27)29/h1-2,4-13,26H,3,14-15H2,(H,25,29). The third-order valence-corrected chi connectivity index (χ3v) is 6.33. The van der Waals surface area contributed by atoms with E-state index in [1.165, 1.54) is 24.3 Å². The molecule has 3 aromatic carbocycles. The first-order valence-corrected chi connectivity index (χ1v) is 11.5. The molecular weight excluding hydrogens is 449 g/mol. The third kappa shape index (κ3) is 5.12. The molecule has 0 aliphatic heterocycles. The van der Waals surface area contributed by atoms with Gasteiger partial charge in [0.25, 0.3) is 10.0 Å². The van der Waals surface area contributed by atoms with Gasteiger partial charge in [-0.15, -0.1) is 0 Å². The molecule has 0 saturated heterocycles. The van der Waals surface area contributed by atoms with Gasteiger partial charge < -0.3 is 9.72 Å². The van der Waals surface area contributed by atoms with Gasteiger partial charge in [-0.3, -0.25) is 9.29 Å². The summed E-state index contributed by atoms with van der Waals surface area (Å²) in [4.78, 5) is 27.0. The number of nitrogens with zero attached hydrogens (tertiary/aromatic N) is 1. The number of halogens is 1. The van der Waals surface area contributed by atoms with E-state index in [0.717, 1.165) is 35.3 Å². The monoisotopic (exact) mass is 469 g/mol. The molecule has 0 unspecified atom stereocenters.